The topological polar surface area (TPSA) is 84.1 Å². The van der Waals surface area contributed by atoms with Crippen LogP contribution in [0.25, 0.3) is 0 Å². The molecule has 0 aliphatic rings. The fourth-order valence-corrected chi connectivity index (χ4v) is 2.43. The molecule has 0 fully saturated rings. The molecule has 20 heavy (non-hydrogen) atoms. The lowest BCUT2D eigenvalue weighted by molar-refractivity contribution is 0.0520. The molecular weight excluding hydrogens is 278 g/mol. The summed E-state index contributed by atoms with van der Waals surface area (Å²) >= 11 is 1.53. The van der Waals surface area contributed by atoms with Crippen LogP contribution in [-0.4, -0.2) is 28.7 Å². The van der Waals surface area contributed by atoms with E-state index in [1.165, 1.54) is 17.5 Å². The average molecular weight is 293 g/mol. The number of esters is 1. The van der Waals surface area contributed by atoms with Crippen LogP contribution >= 0.6 is 11.3 Å². The van der Waals surface area contributed by atoms with Crippen molar-refractivity contribution in [3.8, 4) is 0 Å². The summed E-state index contributed by atoms with van der Waals surface area (Å²) in [6, 6.07) is 1.84. The Morgan fingerprint density at radius 1 is 1.45 bits per heavy atom. The van der Waals surface area contributed by atoms with Crippen molar-refractivity contribution in [1.29, 1.82) is 0 Å². The summed E-state index contributed by atoms with van der Waals surface area (Å²) in [4.78, 5) is 24.9. The van der Waals surface area contributed by atoms with Gasteiger partial charge in [-0.05, 0) is 19.4 Å². The van der Waals surface area contributed by atoms with Gasteiger partial charge in [-0.15, -0.1) is 11.3 Å². The van der Waals surface area contributed by atoms with Crippen LogP contribution in [0.4, 0.5) is 5.69 Å². The van der Waals surface area contributed by atoms with E-state index in [9.17, 15) is 9.59 Å². The molecule has 2 aromatic heterocycles. The second-order valence-electron chi connectivity index (χ2n) is 3.99. The standard InChI is InChI=1S/C13H15N3O3S/c1-3-9-5-8(7-20-9)12(17)15-10-6-14-16-11(10)13(18)19-4-2/h5-7H,3-4H2,1-2H3,(H,14,16)(H,15,17). The molecule has 7 heteroatoms. The number of hydrogen-bond donors (Lipinski definition) is 2. The lowest BCUT2D eigenvalue weighted by atomic mass is 10.2. The maximum Gasteiger partial charge on any atom is 0.358 e. The summed E-state index contributed by atoms with van der Waals surface area (Å²) in [6.07, 6.45) is 2.27. The molecule has 0 bridgehead atoms. The molecule has 106 valence electrons. The minimum absolute atomic E-state index is 0.145. The summed E-state index contributed by atoms with van der Waals surface area (Å²) in [5.41, 5.74) is 1.03. The molecule has 0 saturated carbocycles. The van der Waals surface area contributed by atoms with Crippen LogP contribution in [0.1, 0.15) is 39.6 Å². The van der Waals surface area contributed by atoms with Crippen molar-refractivity contribution in [2.24, 2.45) is 0 Å². The van der Waals surface area contributed by atoms with Crippen LogP contribution in [-0.2, 0) is 11.2 Å². The van der Waals surface area contributed by atoms with Gasteiger partial charge in [0.25, 0.3) is 5.91 Å². The van der Waals surface area contributed by atoms with E-state index in [0.29, 0.717) is 11.3 Å². The second-order valence-corrected chi connectivity index (χ2v) is 4.98. The van der Waals surface area contributed by atoms with E-state index in [2.05, 4.69) is 15.5 Å². The number of nitrogens with zero attached hydrogens (tertiary/aromatic N) is 1. The first-order valence-corrected chi connectivity index (χ1v) is 7.12. The van der Waals surface area contributed by atoms with Crippen LogP contribution in [0.3, 0.4) is 0 Å². The number of nitrogens with one attached hydrogen (secondary N) is 2. The summed E-state index contributed by atoms with van der Waals surface area (Å²) in [6.45, 7) is 4.00. The first-order valence-electron chi connectivity index (χ1n) is 6.25. The fraction of sp³-hybridized carbons (Fsp3) is 0.308. The molecule has 0 radical (unpaired) electrons. The zero-order valence-corrected chi connectivity index (χ0v) is 12.0. The Hall–Kier alpha value is -2.15. The van der Waals surface area contributed by atoms with E-state index in [-0.39, 0.29) is 18.2 Å². The van der Waals surface area contributed by atoms with E-state index in [4.69, 9.17) is 4.74 Å². The first-order chi connectivity index (χ1) is 9.65. The van der Waals surface area contributed by atoms with Crippen molar-refractivity contribution in [2.75, 3.05) is 11.9 Å². The number of rotatable bonds is 5. The maximum absolute atomic E-state index is 12.1. The van der Waals surface area contributed by atoms with E-state index in [1.54, 1.807) is 12.3 Å². The van der Waals surface area contributed by atoms with E-state index < -0.39 is 5.97 Å². The van der Waals surface area contributed by atoms with Gasteiger partial charge >= 0.3 is 5.97 Å². The number of aryl methyl sites for hydroxylation is 1. The number of anilines is 1. The molecule has 0 aliphatic carbocycles. The van der Waals surface area contributed by atoms with Crippen molar-refractivity contribution in [3.05, 3.63) is 33.8 Å². The van der Waals surface area contributed by atoms with Crippen molar-refractivity contribution < 1.29 is 14.3 Å². The minimum atomic E-state index is -0.542. The third-order valence-electron chi connectivity index (χ3n) is 2.63. The molecule has 0 unspecified atom stereocenters. The Bertz CT molecular complexity index is 618. The van der Waals surface area contributed by atoms with Crippen LogP contribution in [0.15, 0.2) is 17.6 Å². The maximum atomic E-state index is 12.1. The number of amides is 1. The predicted molar refractivity (Wildman–Crippen MR) is 76.2 cm³/mol. The Morgan fingerprint density at radius 3 is 2.90 bits per heavy atom. The van der Waals surface area contributed by atoms with Crippen molar-refractivity contribution in [3.63, 3.8) is 0 Å². The number of carbonyl (C=O) groups is 2. The molecule has 6 nitrogen and oxygen atoms in total. The smallest absolute Gasteiger partial charge is 0.358 e. The van der Waals surface area contributed by atoms with Gasteiger partial charge < -0.3 is 10.1 Å². The zero-order chi connectivity index (χ0) is 14.5. The third-order valence-corrected chi connectivity index (χ3v) is 3.71. The average Bonchev–Trinajstić information content (AvgIpc) is 3.07. The van der Waals surface area contributed by atoms with Crippen LogP contribution in [0.2, 0.25) is 0 Å². The molecule has 2 rings (SSSR count). The third kappa shape index (κ3) is 3.05. The highest BCUT2D eigenvalue weighted by Crippen LogP contribution is 2.18. The summed E-state index contributed by atoms with van der Waals surface area (Å²) in [5, 5.41) is 10.7. The van der Waals surface area contributed by atoms with Crippen molar-refractivity contribution >= 4 is 28.9 Å². The van der Waals surface area contributed by atoms with Crippen molar-refractivity contribution in [2.45, 2.75) is 20.3 Å². The lowest BCUT2D eigenvalue weighted by Gasteiger charge is -2.04. The molecule has 0 atom stereocenters. The highest BCUT2D eigenvalue weighted by Gasteiger charge is 2.18. The number of H-pyrrole nitrogens is 1. The summed E-state index contributed by atoms with van der Waals surface area (Å²) in [7, 11) is 0. The van der Waals surface area contributed by atoms with Gasteiger partial charge in [0.2, 0.25) is 0 Å². The molecule has 2 aromatic rings. The van der Waals surface area contributed by atoms with Gasteiger partial charge in [0.1, 0.15) is 0 Å². The zero-order valence-electron chi connectivity index (χ0n) is 11.2. The van der Waals surface area contributed by atoms with Gasteiger partial charge in [0, 0.05) is 10.3 Å². The first kappa shape index (κ1) is 14.3. The molecular formula is C13H15N3O3S. The van der Waals surface area contributed by atoms with Gasteiger partial charge in [0.05, 0.1) is 24.1 Å². The number of aromatic nitrogens is 2. The number of thiophene rings is 1. The van der Waals surface area contributed by atoms with E-state index in [1.807, 2.05) is 13.0 Å². The van der Waals surface area contributed by atoms with E-state index >= 15 is 0 Å². The SMILES string of the molecule is CCOC(=O)c1[nH]ncc1NC(=O)c1csc(CC)c1. The quantitative estimate of drug-likeness (QED) is 0.829. The van der Waals surface area contributed by atoms with Gasteiger partial charge in [-0.2, -0.15) is 5.10 Å². The van der Waals surface area contributed by atoms with Gasteiger partial charge in [-0.25, -0.2) is 4.79 Å². The number of carbonyl (C=O) groups excluding carboxylic acids is 2. The predicted octanol–water partition coefficient (Wildman–Crippen LogP) is 2.46. The molecule has 2 N–H and O–H groups in total. The normalized spacial score (nSPS) is 10.3. The van der Waals surface area contributed by atoms with Crippen LogP contribution in [0, 0.1) is 0 Å². The van der Waals surface area contributed by atoms with Gasteiger partial charge in [-0.3, -0.25) is 9.89 Å². The lowest BCUT2D eigenvalue weighted by Crippen LogP contribution is -2.14. The molecule has 0 aromatic carbocycles. The molecule has 2 heterocycles. The Kier molecular flexibility index (Phi) is 4.52. The molecule has 0 saturated heterocycles. The highest BCUT2D eigenvalue weighted by molar-refractivity contribution is 7.10. The number of hydrogen-bond acceptors (Lipinski definition) is 5. The van der Waals surface area contributed by atoms with Crippen molar-refractivity contribution in [1.82, 2.24) is 10.2 Å². The number of ether oxygens (including phenoxy) is 1. The summed E-state index contributed by atoms with van der Waals surface area (Å²) < 4.78 is 4.88. The number of aromatic amines is 1. The van der Waals surface area contributed by atoms with Gasteiger partial charge in [-0.1, -0.05) is 6.92 Å². The molecule has 0 aliphatic heterocycles. The Morgan fingerprint density at radius 2 is 2.25 bits per heavy atom. The van der Waals surface area contributed by atoms with Crippen LogP contribution in [0.5, 0.6) is 0 Å². The second kappa shape index (κ2) is 6.33. The molecule has 0 spiro atoms. The summed E-state index contributed by atoms with van der Waals surface area (Å²) in [5.74, 6) is -0.812. The van der Waals surface area contributed by atoms with E-state index in [0.717, 1.165) is 11.3 Å². The minimum Gasteiger partial charge on any atom is -0.461 e. The Balaban J connectivity index is 2.12. The largest absolute Gasteiger partial charge is 0.461 e. The fourth-order valence-electron chi connectivity index (χ4n) is 1.62. The van der Waals surface area contributed by atoms with Crippen LogP contribution < -0.4 is 5.32 Å². The monoisotopic (exact) mass is 293 g/mol. The highest BCUT2D eigenvalue weighted by atomic mass is 32.1. The molecule has 1 amide bonds. The van der Waals surface area contributed by atoms with Gasteiger partial charge in [0.15, 0.2) is 5.69 Å². The Labute approximate surface area is 120 Å².